The molecule has 1 aromatic carbocycles. The molecule has 0 aromatic heterocycles. The van der Waals surface area contributed by atoms with Crippen LogP contribution >= 0.6 is 0 Å². The van der Waals surface area contributed by atoms with Gasteiger partial charge in [0.1, 0.15) is 0 Å². The van der Waals surface area contributed by atoms with Gasteiger partial charge in [-0.1, -0.05) is 0 Å². The molecule has 1 aliphatic rings. The molecule has 0 heterocycles. The molecule has 8 heteroatoms. The highest BCUT2D eigenvalue weighted by atomic mass is 32.2. The van der Waals surface area contributed by atoms with Crippen LogP contribution < -0.4 is 15.2 Å². The Morgan fingerprint density at radius 1 is 1.45 bits per heavy atom. The molecule has 1 amide bonds. The normalized spacial score (nSPS) is 14.9. The Balaban J connectivity index is 1.90. The van der Waals surface area contributed by atoms with Gasteiger partial charge in [0.2, 0.25) is 10.0 Å². The molecule has 1 aliphatic carbocycles. The van der Waals surface area contributed by atoms with E-state index < -0.39 is 15.8 Å². The van der Waals surface area contributed by atoms with Crippen LogP contribution in [0.4, 0.5) is 4.39 Å². The molecule has 20 heavy (non-hydrogen) atoms. The average Bonchev–Trinajstić information content (AvgIpc) is 3.17. The van der Waals surface area contributed by atoms with Crippen molar-refractivity contribution >= 4 is 15.9 Å². The number of halogens is 1. The van der Waals surface area contributed by atoms with Gasteiger partial charge in [0, 0.05) is 6.54 Å². The minimum atomic E-state index is -3.96. The molecule has 0 atom stereocenters. The van der Waals surface area contributed by atoms with Gasteiger partial charge in [0.15, 0.2) is 18.2 Å². The largest absolute Gasteiger partial charge is 0.481 e. The SMILES string of the molecule is NS(=O)(=O)c1ccc(OCC(=O)NCC2CC2)c(F)c1. The zero-order valence-electron chi connectivity index (χ0n) is 10.6. The van der Waals surface area contributed by atoms with Crippen molar-refractivity contribution in [2.24, 2.45) is 11.1 Å². The van der Waals surface area contributed by atoms with Crippen LogP contribution in [-0.4, -0.2) is 27.5 Å². The first-order chi connectivity index (χ1) is 9.36. The lowest BCUT2D eigenvalue weighted by Crippen LogP contribution is -2.30. The summed E-state index contributed by atoms with van der Waals surface area (Å²) in [6, 6.07) is 3.01. The number of primary sulfonamides is 1. The van der Waals surface area contributed by atoms with Crippen molar-refractivity contribution in [1.82, 2.24) is 5.32 Å². The topological polar surface area (TPSA) is 98.5 Å². The van der Waals surface area contributed by atoms with Crippen LogP contribution in [0, 0.1) is 11.7 Å². The number of nitrogens with one attached hydrogen (secondary N) is 1. The van der Waals surface area contributed by atoms with E-state index in [-0.39, 0.29) is 23.2 Å². The Kier molecular flexibility index (Phi) is 4.24. The summed E-state index contributed by atoms with van der Waals surface area (Å²) < 4.78 is 40.6. The predicted octanol–water partition coefficient (Wildman–Crippen LogP) is 0.378. The van der Waals surface area contributed by atoms with Gasteiger partial charge in [0.05, 0.1) is 4.90 Å². The van der Waals surface area contributed by atoms with Crippen molar-refractivity contribution in [3.05, 3.63) is 24.0 Å². The first kappa shape index (κ1) is 14.7. The molecule has 0 unspecified atom stereocenters. The van der Waals surface area contributed by atoms with E-state index >= 15 is 0 Å². The van der Waals surface area contributed by atoms with E-state index in [0.717, 1.165) is 31.0 Å². The van der Waals surface area contributed by atoms with E-state index in [9.17, 15) is 17.6 Å². The summed E-state index contributed by atoms with van der Waals surface area (Å²) >= 11 is 0. The van der Waals surface area contributed by atoms with Gasteiger partial charge in [-0.2, -0.15) is 0 Å². The van der Waals surface area contributed by atoms with Gasteiger partial charge in [-0.15, -0.1) is 0 Å². The minimum absolute atomic E-state index is 0.195. The number of hydrogen-bond acceptors (Lipinski definition) is 4. The van der Waals surface area contributed by atoms with Crippen molar-refractivity contribution < 1.29 is 22.3 Å². The number of carbonyl (C=O) groups excluding carboxylic acids is 1. The third-order valence-corrected chi connectivity index (χ3v) is 3.79. The number of ether oxygens (including phenoxy) is 1. The second-order valence-corrected chi connectivity index (χ2v) is 6.23. The summed E-state index contributed by atoms with van der Waals surface area (Å²) in [6.07, 6.45) is 2.23. The summed E-state index contributed by atoms with van der Waals surface area (Å²) in [5.41, 5.74) is 0. The molecule has 0 spiro atoms. The van der Waals surface area contributed by atoms with Crippen LogP contribution in [0.3, 0.4) is 0 Å². The smallest absolute Gasteiger partial charge is 0.257 e. The fraction of sp³-hybridized carbons (Fsp3) is 0.417. The van der Waals surface area contributed by atoms with Crippen LogP contribution in [0.2, 0.25) is 0 Å². The van der Waals surface area contributed by atoms with Gasteiger partial charge < -0.3 is 10.1 Å². The van der Waals surface area contributed by atoms with Gasteiger partial charge in [-0.3, -0.25) is 4.79 Å². The summed E-state index contributed by atoms with van der Waals surface area (Å²) in [6.45, 7) is 0.285. The molecule has 1 fully saturated rings. The summed E-state index contributed by atoms with van der Waals surface area (Å²) in [5.74, 6) is -0.873. The molecule has 0 aliphatic heterocycles. The van der Waals surface area contributed by atoms with Crippen molar-refractivity contribution in [3.8, 4) is 5.75 Å². The van der Waals surface area contributed by atoms with Crippen LogP contribution in [0.5, 0.6) is 5.75 Å². The lowest BCUT2D eigenvalue weighted by Gasteiger charge is -2.08. The molecule has 6 nitrogen and oxygen atoms in total. The van der Waals surface area contributed by atoms with Crippen molar-refractivity contribution in [2.45, 2.75) is 17.7 Å². The van der Waals surface area contributed by atoms with Crippen LogP contribution in [0.1, 0.15) is 12.8 Å². The van der Waals surface area contributed by atoms with E-state index in [4.69, 9.17) is 9.88 Å². The zero-order chi connectivity index (χ0) is 14.8. The Bertz CT molecular complexity index is 614. The van der Waals surface area contributed by atoms with Crippen LogP contribution in [0.15, 0.2) is 23.1 Å². The first-order valence-electron chi connectivity index (χ1n) is 6.08. The van der Waals surface area contributed by atoms with Gasteiger partial charge >= 0.3 is 0 Å². The Morgan fingerprint density at radius 2 is 2.15 bits per heavy atom. The number of hydrogen-bond donors (Lipinski definition) is 2. The maximum absolute atomic E-state index is 13.6. The van der Waals surface area contributed by atoms with Crippen molar-refractivity contribution in [1.29, 1.82) is 0 Å². The van der Waals surface area contributed by atoms with E-state index in [1.54, 1.807) is 0 Å². The fourth-order valence-corrected chi connectivity index (χ4v) is 2.08. The molecule has 1 saturated carbocycles. The highest BCUT2D eigenvalue weighted by Crippen LogP contribution is 2.27. The highest BCUT2D eigenvalue weighted by molar-refractivity contribution is 7.89. The van der Waals surface area contributed by atoms with Gasteiger partial charge in [0.25, 0.3) is 5.91 Å². The Hall–Kier alpha value is -1.67. The quantitative estimate of drug-likeness (QED) is 0.793. The first-order valence-corrected chi connectivity index (χ1v) is 7.63. The fourth-order valence-electron chi connectivity index (χ4n) is 1.55. The standard InChI is InChI=1S/C12H15FN2O4S/c13-10-5-9(20(14,17)18)3-4-11(10)19-7-12(16)15-6-8-1-2-8/h3-5,8H,1-2,6-7H2,(H,15,16)(H2,14,17,18). The number of nitrogens with two attached hydrogens (primary N) is 1. The van der Waals surface area contributed by atoms with Crippen LogP contribution in [0.25, 0.3) is 0 Å². The molecule has 2 rings (SSSR count). The highest BCUT2D eigenvalue weighted by Gasteiger charge is 2.21. The second-order valence-electron chi connectivity index (χ2n) is 4.67. The number of benzene rings is 1. The average molecular weight is 302 g/mol. The van der Waals surface area contributed by atoms with Crippen LogP contribution in [-0.2, 0) is 14.8 Å². The number of amides is 1. The molecule has 3 N–H and O–H groups in total. The Labute approximate surface area is 116 Å². The Morgan fingerprint density at radius 3 is 2.70 bits per heavy atom. The van der Waals surface area contributed by atoms with Crippen molar-refractivity contribution in [2.75, 3.05) is 13.2 Å². The van der Waals surface area contributed by atoms with Gasteiger partial charge in [-0.25, -0.2) is 17.9 Å². The molecule has 0 bridgehead atoms. The summed E-state index contributed by atoms with van der Waals surface area (Å²) in [4.78, 5) is 11.1. The number of sulfonamides is 1. The van der Waals surface area contributed by atoms with Crippen molar-refractivity contribution in [3.63, 3.8) is 0 Å². The van der Waals surface area contributed by atoms with E-state index in [1.165, 1.54) is 0 Å². The summed E-state index contributed by atoms with van der Waals surface area (Å²) in [7, 11) is -3.96. The molecule has 1 aromatic rings. The molecular weight excluding hydrogens is 287 g/mol. The molecule has 110 valence electrons. The predicted molar refractivity (Wildman–Crippen MR) is 69.0 cm³/mol. The summed E-state index contributed by atoms with van der Waals surface area (Å²) in [5, 5.41) is 7.54. The molecule has 0 saturated heterocycles. The zero-order valence-corrected chi connectivity index (χ0v) is 11.5. The number of rotatable bonds is 6. The minimum Gasteiger partial charge on any atom is -0.481 e. The lowest BCUT2D eigenvalue weighted by molar-refractivity contribution is -0.123. The second kappa shape index (κ2) is 5.76. The maximum Gasteiger partial charge on any atom is 0.257 e. The molecular formula is C12H15FN2O4S. The maximum atomic E-state index is 13.6. The van der Waals surface area contributed by atoms with E-state index in [0.29, 0.717) is 12.5 Å². The monoisotopic (exact) mass is 302 g/mol. The van der Waals surface area contributed by atoms with E-state index in [1.807, 2.05) is 0 Å². The van der Waals surface area contributed by atoms with Gasteiger partial charge in [-0.05, 0) is 37.0 Å². The molecule has 0 radical (unpaired) electrons. The third-order valence-electron chi connectivity index (χ3n) is 2.88. The van der Waals surface area contributed by atoms with E-state index in [2.05, 4.69) is 5.32 Å². The lowest BCUT2D eigenvalue weighted by atomic mass is 10.3. The number of carbonyl (C=O) groups is 1. The third kappa shape index (κ3) is 4.17.